The van der Waals surface area contributed by atoms with E-state index in [9.17, 15) is 4.79 Å². The van der Waals surface area contributed by atoms with Crippen LogP contribution in [0.5, 0.6) is 11.5 Å². The maximum Gasteiger partial charge on any atom is 0.163 e. The summed E-state index contributed by atoms with van der Waals surface area (Å²) in [6.45, 7) is 1.42. The highest BCUT2D eigenvalue weighted by Gasteiger charge is 2.13. The molecule has 20 heavy (non-hydrogen) atoms. The van der Waals surface area contributed by atoms with Gasteiger partial charge in [-0.3, -0.25) is 4.79 Å². The first-order valence-electron chi connectivity index (χ1n) is 5.80. The van der Waals surface area contributed by atoms with Gasteiger partial charge in [0, 0.05) is 5.69 Å². The molecule has 0 amide bonds. The van der Waals surface area contributed by atoms with Gasteiger partial charge in [0.05, 0.1) is 10.6 Å². The highest BCUT2D eigenvalue weighted by atomic mass is 35.5. The number of carbonyl (C=O) groups excluding carboxylic acids is 1. The Balaban J connectivity index is 2.49. The molecule has 0 spiro atoms. The van der Waals surface area contributed by atoms with E-state index in [1.165, 1.54) is 13.0 Å². The van der Waals surface area contributed by atoms with Gasteiger partial charge >= 0.3 is 0 Å². The summed E-state index contributed by atoms with van der Waals surface area (Å²) >= 11 is 5.93. The largest absolute Gasteiger partial charge is 0.455 e. The summed E-state index contributed by atoms with van der Waals surface area (Å²) in [5.74, 6) is 0.463. The summed E-state index contributed by atoms with van der Waals surface area (Å²) in [6, 6.07) is 11.6. The Morgan fingerprint density at radius 2 is 2.05 bits per heavy atom. The highest BCUT2D eigenvalue weighted by molar-refractivity contribution is 6.31. The molecule has 4 nitrogen and oxygen atoms in total. The van der Waals surface area contributed by atoms with Crippen LogP contribution < -0.4 is 10.5 Å². The lowest BCUT2D eigenvalue weighted by molar-refractivity contribution is 0.101. The number of nitriles is 1. The van der Waals surface area contributed by atoms with Crippen molar-refractivity contribution in [2.45, 2.75) is 6.92 Å². The minimum Gasteiger partial charge on any atom is -0.455 e. The van der Waals surface area contributed by atoms with Gasteiger partial charge in [0.15, 0.2) is 5.78 Å². The number of anilines is 1. The molecule has 0 aliphatic rings. The second-order valence-electron chi connectivity index (χ2n) is 4.14. The Morgan fingerprint density at radius 3 is 2.70 bits per heavy atom. The molecular weight excluding hydrogens is 276 g/mol. The SMILES string of the molecule is CC(=O)c1cc(N)ccc1Oc1cccc(Cl)c1C#N. The fourth-order valence-corrected chi connectivity index (χ4v) is 1.94. The van der Waals surface area contributed by atoms with Gasteiger partial charge < -0.3 is 10.5 Å². The van der Waals surface area contributed by atoms with E-state index in [0.29, 0.717) is 27.8 Å². The van der Waals surface area contributed by atoms with E-state index >= 15 is 0 Å². The second kappa shape index (κ2) is 5.64. The van der Waals surface area contributed by atoms with Crippen molar-refractivity contribution in [2.24, 2.45) is 0 Å². The third kappa shape index (κ3) is 2.73. The van der Waals surface area contributed by atoms with Crippen molar-refractivity contribution < 1.29 is 9.53 Å². The predicted octanol–water partition coefficient (Wildman–Crippen LogP) is 3.79. The van der Waals surface area contributed by atoms with E-state index in [2.05, 4.69) is 0 Å². The van der Waals surface area contributed by atoms with Gasteiger partial charge in [0.2, 0.25) is 0 Å². The van der Waals surface area contributed by atoms with Gasteiger partial charge in [-0.25, -0.2) is 0 Å². The van der Waals surface area contributed by atoms with Gasteiger partial charge in [0.1, 0.15) is 23.1 Å². The second-order valence-corrected chi connectivity index (χ2v) is 4.55. The molecule has 0 unspecified atom stereocenters. The molecule has 100 valence electrons. The van der Waals surface area contributed by atoms with Crippen molar-refractivity contribution >= 4 is 23.1 Å². The number of ether oxygens (including phenoxy) is 1. The van der Waals surface area contributed by atoms with E-state index in [1.807, 2.05) is 6.07 Å². The molecule has 2 N–H and O–H groups in total. The molecular formula is C15H11ClN2O2. The third-order valence-corrected chi connectivity index (χ3v) is 3.00. The monoisotopic (exact) mass is 286 g/mol. The maximum atomic E-state index is 11.6. The lowest BCUT2D eigenvalue weighted by atomic mass is 10.1. The molecule has 0 fully saturated rings. The number of hydrogen-bond acceptors (Lipinski definition) is 4. The summed E-state index contributed by atoms with van der Waals surface area (Å²) in [4.78, 5) is 11.6. The molecule has 0 atom stereocenters. The number of nitrogens with two attached hydrogens (primary N) is 1. The number of Topliss-reactive ketones (excluding diaryl/α,β-unsaturated/α-hetero) is 1. The maximum absolute atomic E-state index is 11.6. The predicted molar refractivity (Wildman–Crippen MR) is 77.1 cm³/mol. The molecule has 0 saturated carbocycles. The minimum absolute atomic E-state index is 0.173. The lowest BCUT2D eigenvalue weighted by Crippen LogP contribution is -2.00. The molecule has 0 saturated heterocycles. The molecule has 2 rings (SSSR count). The first-order valence-corrected chi connectivity index (χ1v) is 6.17. The highest BCUT2D eigenvalue weighted by Crippen LogP contribution is 2.32. The number of ketones is 1. The zero-order chi connectivity index (χ0) is 14.7. The van der Waals surface area contributed by atoms with Gasteiger partial charge in [-0.1, -0.05) is 17.7 Å². The zero-order valence-electron chi connectivity index (χ0n) is 10.7. The standard InChI is InChI=1S/C15H11ClN2O2/c1-9(19)11-7-10(18)5-6-15(11)20-14-4-2-3-13(16)12(14)8-17/h2-7H,18H2,1H3. The molecule has 0 bridgehead atoms. The third-order valence-electron chi connectivity index (χ3n) is 2.69. The lowest BCUT2D eigenvalue weighted by Gasteiger charge is -2.11. The summed E-state index contributed by atoms with van der Waals surface area (Å²) in [6.07, 6.45) is 0. The van der Waals surface area contributed by atoms with E-state index in [0.717, 1.165) is 0 Å². The van der Waals surface area contributed by atoms with Crippen LogP contribution in [0.25, 0.3) is 0 Å². The van der Waals surface area contributed by atoms with Crippen molar-refractivity contribution in [2.75, 3.05) is 5.73 Å². The Bertz CT molecular complexity index is 720. The molecule has 0 radical (unpaired) electrons. The fraction of sp³-hybridized carbons (Fsp3) is 0.0667. The quantitative estimate of drug-likeness (QED) is 0.688. The number of nitrogen functional groups attached to an aromatic ring is 1. The van der Waals surface area contributed by atoms with Crippen LogP contribution in [0.1, 0.15) is 22.8 Å². The Hall–Kier alpha value is -2.51. The van der Waals surface area contributed by atoms with Crippen LogP contribution >= 0.6 is 11.6 Å². The van der Waals surface area contributed by atoms with E-state index in [4.69, 9.17) is 27.3 Å². The molecule has 0 aliphatic heterocycles. The van der Waals surface area contributed by atoms with Crippen molar-refractivity contribution in [1.29, 1.82) is 5.26 Å². The smallest absolute Gasteiger partial charge is 0.163 e. The minimum atomic E-state index is -0.173. The number of rotatable bonds is 3. The van der Waals surface area contributed by atoms with Crippen molar-refractivity contribution in [3.63, 3.8) is 0 Å². The number of hydrogen-bond donors (Lipinski definition) is 1. The topological polar surface area (TPSA) is 76.1 Å². The van der Waals surface area contributed by atoms with E-state index in [-0.39, 0.29) is 11.3 Å². The Morgan fingerprint density at radius 1 is 1.30 bits per heavy atom. The van der Waals surface area contributed by atoms with Gasteiger partial charge in [-0.15, -0.1) is 0 Å². The number of carbonyl (C=O) groups is 1. The van der Waals surface area contributed by atoms with Crippen LogP contribution in [0.4, 0.5) is 5.69 Å². The summed E-state index contributed by atoms with van der Waals surface area (Å²) in [5.41, 5.74) is 6.70. The van der Waals surface area contributed by atoms with E-state index in [1.54, 1.807) is 30.3 Å². The summed E-state index contributed by atoms with van der Waals surface area (Å²) in [5, 5.41) is 9.39. The normalized spacial score (nSPS) is 9.85. The average molecular weight is 287 g/mol. The van der Waals surface area contributed by atoms with E-state index < -0.39 is 0 Å². The van der Waals surface area contributed by atoms with Crippen LogP contribution in [0, 0.1) is 11.3 Å². The number of benzene rings is 2. The Labute approximate surface area is 121 Å². The summed E-state index contributed by atoms with van der Waals surface area (Å²) in [7, 11) is 0. The molecule has 5 heteroatoms. The van der Waals surface area contributed by atoms with Gasteiger partial charge in [0.25, 0.3) is 0 Å². The Kier molecular flexibility index (Phi) is 3.92. The summed E-state index contributed by atoms with van der Waals surface area (Å²) < 4.78 is 5.65. The van der Waals surface area contributed by atoms with Gasteiger partial charge in [-0.05, 0) is 37.3 Å². The molecule has 2 aromatic rings. The van der Waals surface area contributed by atoms with Crippen LogP contribution in [-0.4, -0.2) is 5.78 Å². The average Bonchev–Trinajstić information content (AvgIpc) is 2.41. The number of nitrogens with zero attached hydrogens (tertiary/aromatic N) is 1. The fourth-order valence-electron chi connectivity index (χ4n) is 1.73. The zero-order valence-corrected chi connectivity index (χ0v) is 11.4. The first kappa shape index (κ1) is 13.9. The van der Waals surface area contributed by atoms with Crippen LogP contribution in [0.3, 0.4) is 0 Å². The molecule has 0 aliphatic carbocycles. The molecule has 0 heterocycles. The van der Waals surface area contributed by atoms with Crippen LogP contribution in [0.15, 0.2) is 36.4 Å². The van der Waals surface area contributed by atoms with Crippen LogP contribution in [0.2, 0.25) is 5.02 Å². The number of halogens is 1. The van der Waals surface area contributed by atoms with Crippen molar-refractivity contribution in [1.82, 2.24) is 0 Å². The molecule has 2 aromatic carbocycles. The molecule has 0 aromatic heterocycles. The van der Waals surface area contributed by atoms with Crippen LogP contribution in [-0.2, 0) is 0 Å². The first-order chi connectivity index (χ1) is 9.52. The van der Waals surface area contributed by atoms with Crippen molar-refractivity contribution in [3.05, 3.63) is 52.5 Å². The van der Waals surface area contributed by atoms with Gasteiger partial charge in [-0.2, -0.15) is 5.26 Å². The van der Waals surface area contributed by atoms with Crippen molar-refractivity contribution in [3.8, 4) is 17.6 Å².